The van der Waals surface area contributed by atoms with E-state index >= 15 is 0 Å². The number of hydrogen-bond acceptors (Lipinski definition) is 4. The Balaban J connectivity index is 1.98. The largest absolute Gasteiger partial charge is 0.366 e. The highest BCUT2D eigenvalue weighted by molar-refractivity contribution is 6.05. The second-order valence-corrected chi connectivity index (χ2v) is 7.05. The molecule has 0 aliphatic carbocycles. The van der Waals surface area contributed by atoms with Gasteiger partial charge in [-0.05, 0) is 50.8 Å². The van der Waals surface area contributed by atoms with Crippen LogP contribution in [0, 0.1) is 5.92 Å². The summed E-state index contributed by atoms with van der Waals surface area (Å²) in [7, 11) is 1.77. The van der Waals surface area contributed by atoms with Gasteiger partial charge in [0.15, 0.2) is 6.17 Å². The summed E-state index contributed by atoms with van der Waals surface area (Å²) in [4.78, 5) is 20.5. The second-order valence-electron chi connectivity index (χ2n) is 7.05. The van der Waals surface area contributed by atoms with Crippen LogP contribution in [0.15, 0.2) is 23.2 Å². The molecule has 0 aromatic heterocycles. The van der Waals surface area contributed by atoms with Gasteiger partial charge in [-0.3, -0.25) is 9.79 Å². The van der Waals surface area contributed by atoms with Gasteiger partial charge in [0, 0.05) is 36.6 Å². The average Bonchev–Trinajstić information content (AvgIpc) is 2.59. The van der Waals surface area contributed by atoms with Crippen molar-refractivity contribution in [3.63, 3.8) is 0 Å². The van der Waals surface area contributed by atoms with Gasteiger partial charge in [0.25, 0.3) is 5.91 Å². The fraction of sp³-hybridized carbons (Fsp3) is 0.556. The maximum Gasteiger partial charge on any atom is 0.266 e. The summed E-state index contributed by atoms with van der Waals surface area (Å²) in [6.07, 6.45) is 3.28. The molecule has 5 nitrogen and oxygen atoms in total. The van der Waals surface area contributed by atoms with Crippen molar-refractivity contribution >= 4 is 23.5 Å². The highest BCUT2D eigenvalue weighted by Crippen LogP contribution is 2.35. The highest BCUT2D eigenvalue weighted by atomic mass is 16.2. The molecule has 1 fully saturated rings. The van der Waals surface area contributed by atoms with E-state index in [0.717, 1.165) is 17.2 Å². The molecule has 0 bridgehead atoms. The van der Waals surface area contributed by atoms with Gasteiger partial charge >= 0.3 is 0 Å². The number of anilines is 2. The Bertz CT molecular complexity index is 630. The molecule has 1 amide bonds. The molecular weight excluding hydrogens is 288 g/mol. The van der Waals surface area contributed by atoms with Gasteiger partial charge in [-0.1, -0.05) is 6.92 Å². The minimum atomic E-state index is -0.815. The summed E-state index contributed by atoms with van der Waals surface area (Å²) in [6.45, 7) is 6.89. The molecule has 2 N–H and O–H groups in total. The van der Waals surface area contributed by atoms with E-state index in [9.17, 15) is 4.79 Å². The third-order valence-corrected chi connectivity index (χ3v) is 5.07. The van der Waals surface area contributed by atoms with E-state index in [1.807, 2.05) is 6.07 Å². The normalized spacial score (nSPS) is 31.1. The first-order valence-corrected chi connectivity index (χ1v) is 8.37. The van der Waals surface area contributed by atoms with Crippen molar-refractivity contribution in [3.8, 4) is 0 Å². The molecule has 2 heterocycles. The second kappa shape index (κ2) is 5.96. The number of amides is 1. The number of likely N-dealkylation sites (N-methyl/N-ethyl adjacent to an activating group) is 1. The monoisotopic (exact) mass is 314 g/mol. The van der Waals surface area contributed by atoms with Crippen LogP contribution in [0.3, 0.4) is 0 Å². The topological polar surface area (TPSA) is 61.9 Å². The van der Waals surface area contributed by atoms with E-state index in [-0.39, 0.29) is 5.91 Å². The Morgan fingerprint density at radius 3 is 2.48 bits per heavy atom. The fourth-order valence-corrected chi connectivity index (χ4v) is 4.07. The summed E-state index contributed by atoms with van der Waals surface area (Å²) in [5.74, 6) is 0.581. The summed E-state index contributed by atoms with van der Waals surface area (Å²) in [6, 6.07) is 7.25. The molecule has 0 saturated carbocycles. The molecule has 23 heavy (non-hydrogen) atoms. The smallest absolute Gasteiger partial charge is 0.266 e. The van der Waals surface area contributed by atoms with Crippen LogP contribution in [0.5, 0.6) is 0 Å². The third-order valence-electron chi connectivity index (χ3n) is 5.07. The minimum Gasteiger partial charge on any atom is -0.366 e. The van der Waals surface area contributed by atoms with Crippen LogP contribution >= 0.6 is 0 Å². The number of piperidine rings is 1. The van der Waals surface area contributed by atoms with Crippen LogP contribution in [0.1, 0.15) is 39.2 Å². The number of aliphatic imine (C=N–C) groups is 1. The van der Waals surface area contributed by atoms with Crippen LogP contribution in [0.2, 0.25) is 0 Å². The van der Waals surface area contributed by atoms with Gasteiger partial charge in [-0.15, -0.1) is 0 Å². The fourth-order valence-electron chi connectivity index (χ4n) is 4.07. The van der Waals surface area contributed by atoms with Crippen molar-refractivity contribution in [2.75, 3.05) is 16.8 Å². The number of hydrogen-bond donors (Lipinski definition) is 1. The maximum absolute atomic E-state index is 12.2. The van der Waals surface area contributed by atoms with Crippen molar-refractivity contribution in [1.82, 2.24) is 0 Å². The number of fused-ring (bicyclic) bond motifs is 1. The molecule has 1 aromatic carbocycles. The molecule has 3 atom stereocenters. The van der Waals surface area contributed by atoms with Gasteiger partial charge < -0.3 is 15.5 Å². The van der Waals surface area contributed by atoms with Gasteiger partial charge in [0.05, 0.1) is 5.69 Å². The molecule has 1 saturated heterocycles. The van der Waals surface area contributed by atoms with E-state index < -0.39 is 6.17 Å². The summed E-state index contributed by atoms with van der Waals surface area (Å²) in [5.41, 5.74) is 8.77. The lowest BCUT2D eigenvalue weighted by molar-refractivity contribution is -0.119. The van der Waals surface area contributed by atoms with Gasteiger partial charge in [-0.25, -0.2) is 0 Å². The van der Waals surface area contributed by atoms with Crippen LogP contribution in [0.4, 0.5) is 11.4 Å². The van der Waals surface area contributed by atoms with Crippen molar-refractivity contribution in [3.05, 3.63) is 23.8 Å². The van der Waals surface area contributed by atoms with Crippen LogP contribution in [-0.2, 0) is 4.79 Å². The zero-order valence-corrected chi connectivity index (χ0v) is 14.4. The summed E-state index contributed by atoms with van der Waals surface area (Å²) >= 11 is 0. The molecule has 5 heteroatoms. The molecule has 0 spiro atoms. The predicted molar refractivity (Wildman–Crippen MR) is 95.2 cm³/mol. The first-order valence-electron chi connectivity index (χ1n) is 8.37. The molecule has 3 rings (SSSR count). The van der Waals surface area contributed by atoms with Crippen molar-refractivity contribution < 1.29 is 4.79 Å². The molecule has 2 aliphatic rings. The molecule has 3 unspecified atom stereocenters. The lowest BCUT2D eigenvalue weighted by Gasteiger charge is -2.43. The number of carbonyl (C=O) groups excluding carboxylic acids is 1. The zero-order chi connectivity index (χ0) is 16.7. The maximum atomic E-state index is 12.2. The van der Waals surface area contributed by atoms with Crippen molar-refractivity contribution in [2.45, 2.75) is 51.9 Å². The third kappa shape index (κ3) is 2.85. The Labute approximate surface area is 138 Å². The highest BCUT2D eigenvalue weighted by Gasteiger charge is 2.30. The minimum absolute atomic E-state index is 0.175. The lowest BCUT2D eigenvalue weighted by Crippen LogP contribution is -2.46. The lowest BCUT2D eigenvalue weighted by atomic mass is 9.88. The molecular formula is C18H26N4O. The molecule has 2 aliphatic heterocycles. The Morgan fingerprint density at radius 2 is 1.83 bits per heavy atom. The van der Waals surface area contributed by atoms with E-state index in [1.165, 1.54) is 18.5 Å². The number of nitrogens with zero attached hydrogens (tertiary/aromatic N) is 3. The molecule has 0 radical (unpaired) electrons. The summed E-state index contributed by atoms with van der Waals surface area (Å²) < 4.78 is 0. The quantitative estimate of drug-likeness (QED) is 0.865. The first kappa shape index (κ1) is 16.0. The Morgan fingerprint density at radius 1 is 1.17 bits per heavy atom. The van der Waals surface area contributed by atoms with Gasteiger partial charge in [-0.2, -0.15) is 0 Å². The number of rotatable bonds is 1. The van der Waals surface area contributed by atoms with E-state index in [1.54, 1.807) is 18.2 Å². The van der Waals surface area contributed by atoms with Gasteiger partial charge in [0.2, 0.25) is 0 Å². The SMILES string of the molecule is CC1CC(C)N(c2ccc3c(c2)N(C)C(=O)C(N)N=C3)C(C)C1. The Hall–Kier alpha value is -1.88. The summed E-state index contributed by atoms with van der Waals surface area (Å²) in [5, 5.41) is 0. The number of benzodiazepines with no additional fused rings is 1. The average molecular weight is 314 g/mol. The van der Waals surface area contributed by atoms with Gasteiger partial charge in [0.1, 0.15) is 0 Å². The predicted octanol–water partition coefficient (Wildman–Crippen LogP) is 2.38. The molecule has 1 aromatic rings. The van der Waals surface area contributed by atoms with E-state index in [4.69, 9.17) is 5.73 Å². The standard InChI is InChI=1S/C18H26N4O/c1-11-7-12(2)22(13(3)8-11)15-6-5-14-10-20-17(19)18(23)21(4)16(14)9-15/h5-6,9-13,17H,7-8,19H2,1-4H3. The molecule has 124 valence electrons. The van der Waals surface area contributed by atoms with Crippen molar-refractivity contribution in [1.29, 1.82) is 0 Å². The number of benzene rings is 1. The van der Waals surface area contributed by atoms with Crippen LogP contribution in [0.25, 0.3) is 0 Å². The van der Waals surface area contributed by atoms with E-state index in [2.05, 4.69) is 42.8 Å². The number of nitrogens with two attached hydrogens (primary N) is 1. The van der Waals surface area contributed by atoms with Crippen LogP contribution < -0.4 is 15.5 Å². The van der Waals surface area contributed by atoms with E-state index in [0.29, 0.717) is 12.1 Å². The Kier molecular flexibility index (Phi) is 4.15. The number of carbonyl (C=O) groups is 1. The zero-order valence-electron chi connectivity index (χ0n) is 14.4. The van der Waals surface area contributed by atoms with Crippen LogP contribution in [-0.4, -0.2) is 37.4 Å². The van der Waals surface area contributed by atoms with Crippen molar-refractivity contribution in [2.24, 2.45) is 16.6 Å². The first-order chi connectivity index (χ1) is 10.9.